The molecule has 0 saturated heterocycles. The molecule has 4 bridgehead atoms. The second-order valence-corrected chi connectivity index (χ2v) is 7.99. The third kappa shape index (κ3) is 1.87. The molecule has 0 spiro atoms. The van der Waals surface area contributed by atoms with Crippen LogP contribution in [0.25, 0.3) is 11.4 Å². The van der Waals surface area contributed by atoms with E-state index in [1.54, 1.807) is 0 Å². The van der Waals surface area contributed by atoms with Gasteiger partial charge in [-0.05, 0) is 69.3 Å². The lowest BCUT2D eigenvalue weighted by Gasteiger charge is -2.55. The van der Waals surface area contributed by atoms with Gasteiger partial charge in [-0.1, -0.05) is 28.9 Å². The molecular formula is C19H22N2O. The molecule has 0 atom stereocenters. The first-order valence-electron chi connectivity index (χ1n) is 8.61. The Labute approximate surface area is 131 Å². The van der Waals surface area contributed by atoms with E-state index < -0.39 is 0 Å². The Hall–Kier alpha value is -1.64. The molecule has 4 fully saturated rings. The molecule has 6 rings (SSSR count). The predicted molar refractivity (Wildman–Crippen MR) is 84.3 cm³/mol. The van der Waals surface area contributed by atoms with Gasteiger partial charge in [-0.3, -0.25) is 0 Å². The molecule has 4 aliphatic carbocycles. The molecule has 0 amide bonds. The zero-order chi connectivity index (χ0) is 14.7. The van der Waals surface area contributed by atoms with Crippen molar-refractivity contribution in [3.8, 4) is 11.4 Å². The van der Waals surface area contributed by atoms with Crippen LogP contribution in [0, 0.1) is 24.7 Å². The minimum atomic E-state index is 0.198. The van der Waals surface area contributed by atoms with Crippen LogP contribution in [0.5, 0.6) is 0 Å². The maximum absolute atomic E-state index is 5.78. The first kappa shape index (κ1) is 12.9. The van der Waals surface area contributed by atoms with E-state index in [9.17, 15) is 0 Å². The largest absolute Gasteiger partial charge is 0.338 e. The molecule has 4 aliphatic rings. The van der Waals surface area contributed by atoms with E-state index in [1.807, 2.05) is 0 Å². The van der Waals surface area contributed by atoms with Crippen molar-refractivity contribution in [3.05, 3.63) is 35.7 Å². The van der Waals surface area contributed by atoms with Crippen molar-refractivity contribution in [1.82, 2.24) is 10.1 Å². The SMILES string of the molecule is Cc1cccc(-c2noc(C34CC5CC(CC(C5)C3)C4)n2)c1. The Bertz CT molecular complexity index is 682. The zero-order valence-electron chi connectivity index (χ0n) is 13.1. The third-order valence-corrected chi connectivity index (χ3v) is 6.19. The average molecular weight is 294 g/mol. The van der Waals surface area contributed by atoms with E-state index in [4.69, 9.17) is 9.51 Å². The van der Waals surface area contributed by atoms with Gasteiger partial charge in [0.1, 0.15) is 0 Å². The molecule has 2 aromatic rings. The van der Waals surface area contributed by atoms with Crippen molar-refractivity contribution in [1.29, 1.82) is 0 Å². The lowest BCUT2D eigenvalue weighted by molar-refractivity contribution is -0.0201. The van der Waals surface area contributed by atoms with Crippen LogP contribution in [-0.4, -0.2) is 10.1 Å². The van der Waals surface area contributed by atoms with Gasteiger partial charge in [0.25, 0.3) is 0 Å². The lowest BCUT2D eigenvalue weighted by Crippen LogP contribution is -2.48. The van der Waals surface area contributed by atoms with E-state index in [0.717, 1.165) is 35.0 Å². The second-order valence-electron chi connectivity index (χ2n) is 7.99. The predicted octanol–water partition coefficient (Wildman–Crippen LogP) is 4.51. The highest BCUT2D eigenvalue weighted by Crippen LogP contribution is 2.60. The summed E-state index contributed by atoms with van der Waals surface area (Å²) >= 11 is 0. The molecule has 114 valence electrons. The van der Waals surface area contributed by atoms with Crippen LogP contribution in [0.3, 0.4) is 0 Å². The van der Waals surface area contributed by atoms with Gasteiger partial charge < -0.3 is 4.52 Å². The number of hydrogen-bond acceptors (Lipinski definition) is 3. The summed E-state index contributed by atoms with van der Waals surface area (Å²) in [5.41, 5.74) is 2.50. The Morgan fingerprint density at radius 1 is 1.05 bits per heavy atom. The van der Waals surface area contributed by atoms with Crippen LogP contribution in [0.4, 0.5) is 0 Å². The second kappa shape index (κ2) is 4.43. The molecule has 1 aromatic carbocycles. The summed E-state index contributed by atoms with van der Waals surface area (Å²) in [6.45, 7) is 2.10. The average Bonchev–Trinajstić information content (AvgIpc) is 2.96. The maximum Gasteiger partial charge on any atom is 0.233 e. The highest BCUT2D eigenvalue weighted by Gasteiger charge is 2.54. The van der Waals surface area contributed by atoms with Gasteiger partial charge in [0.05, 0.1) is 5.41 Å². The van der Waals surface area contributed by atoms with E-state index >= 15 is 0 Å². The van der Waals surface area contributed by atoms with Crippen LogP contribution in [0.1, 0.15) is 50.0 Å². The van der Waals surface area contributed by atoms with Crippen molar-refractivity contribution in [2.75, 3.05) is 0 Å². The normalized spacial score (nSPS) is 36.0. The van der Waals surface area contributed by atoms with Gasteiger partial charge in [-0.15, -0.1) is 0 Å². The molecule has 3 heteroatoms. The van der Waals surface area contributed by atoms with Crippen molar-refractivity contribution in [2.24, 2.45) is 17.8 Å². The molecular weight excluding hydrogens is 272 g/mol. The molecule has 0 radical (unpaired) electrons. The molecule has 4 saturated carbocycles. The molecule has 1 aromatic heterocycles. The van der Waals surface area contributed by atoms with Crippen molar-refractivity contribution >= 4 is 0 Å². The van der Waals surface area contributed by atoms with Crippen LogP contribution in [0.2, 0.25) is 0 Å². The van der Waals surface area contributed by atoms with Gasteiger partial charge in [-0.25, -0.2) is 0 Å². The highest BCUT2D eigenvalue weighted by atomic mass is 16.5. The van der Waals surface area contributed by atoms with Gasteiger partial charge >= 0.3 is 0 Å². The summed E-state index contributed by atoms with van der Waals surface area (Å²) < 4.78 is 5.78. The summed E-state index contributed by atoms with van der Waals surface area (Å²) in [6, 6.07) is 8.37. The van der Waals surface area contributed by atoms with E-state index in [1.165, 1.54) is 44.1 Å². The van der Waals surface area contributed by atoms with Crippen molar-refractivity contribution < 1.29 is 4.52 Å². The standard InChI is InChI=1S/C19H22N2O/c1-12-3-2-4-16(5-12)17-20-18(22-21-17)19-9-13-6-14(10-19)8-15(7-13)11-19/h2-5,13-15H,6-11H2,1H3. The Kier molecular flexibility index (Phi) is 2.59. The van der Waals surface area contributed by atoms with Crippen LogP contribution < -0.4 is 0 Å². The first-order chi connectivity index (χ1) is 10.7. The lowest BCUT2D eigenvalue weighted by atomic mass is 9.49. The molecule has 1 heterocycles. The van der Waals surface area contributed by atoms with Crippen LogP contribution >= 0.6 is 0 Å². The third-order valence-electron chi connectivity index (χ3n) is 6.19. The van der Waals surface area contributed by atoms with Gasteiger partial charge in [0.2, 0.25) is 11.7 Å². The maximum atomic E-state index is 5.78. The Morgan fingerprint density at radius 3 is 2.36 bits per heavy atom. The summed E-state index contributed by atoms with van der Waals surface area (Å²) in [5.74, 6) is 4.39. The van der Waals surface area contributed by atoms with Crippen LogP contribution in [-0.2, 0) is 5.41 Å². The zero-order valence-corrected chi connectivity index (χ0v) is 13.1. The Morgan fingerprint density at radius 2 is 1.73 bits per heavy atom. The number of aryl methyl sites for hydroxylation is 1. The number of benzene rings is 1. The quantitative estimate of drug-likeness (QED) is 0.818. The van der Waals surface area contributed by atoms with E-state index in [2.05, 4.69) is 36.3 Å². The van der Waals surface area contributed by atoms with E-state index in [-0.39, 0.29) is 5.41 Å². The monoisotopic (exact) mass is 294 g/mol. The highest BCUT2D eigenvalue weighted by molar-refractivity contribution is 5.55. The number of hydrogen-bond donors (Lipinski definition) is 0. The van der Waals surface area contributed by atoms with Crippen molar-refractivity contribution in [3.63, 3.8) is 0 Å². The van der Waals surface area contributed by atoms with Crippen LogP contribution in [0.15, 0.2) is 28.8 Å². The number of aromatic nitrogens is 2. The minimum absolute atomic E-state index is 0.198. The van der Waals surface area contributed by atoms with Crippen molar-refractivity contribution in [2.45, 2.75) is 50.9 Å². The molecule has 3 nitrogen and oxygen atoms in total. The fourth-order valence-corrected chi connectivity index (χ4v) is 5.71. The van der Waals surface area contributed by atoms with E-state index in [0.29, 0.717) is 0 Å². The molecule has 0 N–H and O–H groups in total. The first-order valence-corrected chi connectivity index (χ1v) is 8.61. The Balaban J connectivity index is 1.52. The van der Waals surface area contributed by atoms with Gasteiger partial charge in [-0.2, -0.15) is 4.98 Å². The number of rotatable bonds is 2. The fourth-order valence-electron chi connectivity index (χ4n) is 5.71. The molecule has 0 aliphatic heterocycles. The van der Waals surface area contributed by atoms with Gasteiger partial charge in [0.15, 0.2) is 0 Å². The summed E-state index contributed by atoms with van der Waals surface area (Å²) in [5, 5.41) is 4.30. The molecule has 22 heavy (non-hydrogen) atoms. The minimum Gasteiger partial charge on any atom is -0.338 e. The fraction of sp³-hybridized carbons (Fsp3) is 0.579. The number of nitrogens with zero attached hydrogens (tertiary/aromatic N) is 2. The summed E-state index contributed by atoms with van der Waals surface area (Å²) in [4.78, 5) is 4.83. The smallest absolute Gasteiger partial charge is 0.233 e. The topological polar surface area (TPSA) is 38.9 Å². The van der Waals surface area contributed by atoms with Gasteiger partial charge in [0, 0.05) is 5.56 Å². The molecule has 0 unspecified atom stereocenters. The summed E-state index contributed by atoms with van der Waals surface area (Å²) in [7, 11) is 0. The summed E-state index contributed by atoms with van der Waals surface area (Å²) in [6.07, 6.45) is 8.14.